The highest BCUT2D eigenvalue weighted by Gasteiger charge is 2.22. The van der Waals surface area contributed by atoms with Gasteiger partial charge < -0.3 is 5.32 Å². The van der Waals surface area contributed by atoms with Crippen LogP contribution in [0, 0.1) is 10.1 Å². The van der Waals surface area contributed by atoms with Gasteiger partial charge in [-0.25, -0.2) is 8.42 Å². The molecule has 0 saturated heterocycles. The Morgan fingerprint density at radius 2 is 2.00 bits per heavy atom. The van der Waals surface area contributed by atoms with Gasteiger partial charge in [0.05, 0.1) is 15.5 Å². The van der Waals surface area contributed by atoms with Gasteiger partial charge in [0.15, 0.2) is 5.11 Å². The number of benzene rings is 2. The van der Waals surface area contributed by atoms with Crippen LogP contribution in [0.5, 0.6) is 0 Å². The fourth-order valence-electron chi connectivity index (χ4n) is 2.11. The average molecular weight is 444 g/mol. The second-order valence-corrected chi connectivity index (χ2v) is 8.08. The third-order valence-electron chi connectivity index (χ3n) is 3.40. The summed E-state index contributed by atoms with van der Waals surface area (Å²) in [6, 6.07) is 9.60. The maximum Gasteiger partial charge on any atom is 0.295 e. The number of nitro benzene ring substituents is 1. The average Bonchev–Trinajstić information content (AvgIpc) is 2.64. The molecular weight excluding hydrogens is 426 g/mol. The number of hydrogen-bond acceptors (Lipinski definition) is 6. The van der Waals surface area contributed by atoms with Crippen LogP contribution in [-0.4, -0.2) is 25.0 Å². The summed E-state index contributed by atoms with van der Waals surface area (Å²) in [6.07, 6.45) is 0.855. The number of nitrogens with one attached hydrogen (secondary N) is 4. The summed E-state index contributed by atoms with van der Waals surface area (Å²) in [6.45, 7) is 2.60. The molecule has 0 unspecified atom stereocenters. The lowest BCUT2D eigenvalue weighted by molar-refractivity contribution is -0.384. The van der Waals surface area contributed by atoms with Crippen LogP contribution in [0.15, 0.2) is 47.4 Å². The molecule has 0 aliphatic carbocycles. The molecule has 0 fully saturated rings. The zero-order chi connectivity index (χ0) is 20.7. The highest BCUT2D eigenvalue weighted by Crippen LogP contribution is 2.28. The van der Waals surface area contributed by atoms with Crippen molar-refractivity contribution in [2.45, 2.75) is 18.2 Å². The first-order valence-electron chi connectivity index (χ1n) is 8.09. The first kappa shape index (κ1) is 21.7. The third-order valence-corrected chi connectivity index (χ3v) is 5.26. The highest BCUT2D eigenvalue weighted by atomic mass is 35.5. The van der Waals surface area contributed by atoms with Gasteiger partial charge in [-0.05, 0) is 49.0 Å². The second-order valence-electron chi connectivity index (χ2n) is 5.56. The molecule has 2 aromatic rings. The number of hydrogen-bond donors (Lipinski definition) is 4. The van der Waals surface area contributed by atoms with E-state index in [0.717, 1.165) is 12.5 Å². The Balaban J connectivity index is 2.23. The number of rotatable bonds is 8. The standard InChI is InChI=1S/C16H18ClN5O4S2/c1-2-8-18-16(27)20-19-14-7-6-13(10-15(14)22(23)24)28(25,26)21-12-5-3-4-11(17)9-12/h3-7,9-10,19,21H,2,8H2,1H3,(H2,18,20,27). The van der Waals surface area contributed by atoms with E-state index in [1.807, 2.05) is 6.92 Å². The Morgan fingerprint density at radius 3 is 2.64 bits per heavy atom. The second kappa shape index (κ2) is 9.53. The van der Waals surface area contributed by atoms with Crippen LogP contribution in [0.3, 0.4) is 0 Å². The predicted octanol–water partition coefficient (Wildman–Crippen LogP) is 3.25. The lowest BCUT2D eigenvalue weighted by Gasteiger charge is -2.13. The van der Waals surface area contributed by atoms with E-state index in [0.29, 0.717) is 11.6 Å². The van der Waals surface area contributed by atoms with Gasteiger partial charge in [-0.3, -0.25) is 25.7 Å². The van der Waals surface area contributed by atoms with Crippen LogP contribution in [0.1, 0.15) is 13.3 Å². The minimum absolute atomic E-state index is 0.0624. The van der Waals surface area contributed by atoms with Gasteiger partial charge in [-0.1, -0.05) is 24.6 Å². The Hall–Kier alpha value is -2.63. The van der Waals surface area contributed by atoms with Gasteiger partial charge in [0.1, 0.15) is 5.69 Å². The van der Waals surface area contributed by atoms with Gasteiger partial charge in [0.25, 0.3) is 15.7 Å². The molecule has 4 N–H and O–H groups in total. The summed E-state index contributed by atoms with van der Waals surface area (Å²) in [7, 11) is -4.05. The molecule has 12 heteroatoms. The lowest BCUT2D eigenvalue weighted by Crippen LogP contribution is -2.39. The molecule has 0 aliphatic rings. The van der Waals surface area contributed by atoms with Crippen molar-refractivity contribution in [1.29, 1.82) is 0 Å². The Labute approximate surface area is 172 Å². The number of nitrogens with zero attached hydrogens (tertiary/aromatic N) is 1. The quantitative estimate of drug-likeness (QED) is 0.278. The minimum atomic E-state index is -4.05. The largest absolute Gasteiger partial charge is 0.361 e. The van der Waals surface area contributed by atoms with Gasteiger partial charge in [0, 0.05) is 17.6 Å². The number of nitro groups is 1. The van der Waals surface area contributed by atoms with Crippen molar-refractivity contribution in [2.24, 2.45) is 0 Å². The SMILES string of the molecule is CCCNC(=S)NNc1ccc(S(=O)(=O)Nc2cccc(Cl)c2)cc1[N+](=O)[O-]. The summed E-state index contributed by atoms with van der Waals surface area (Å²) in [5.41, 5.74) is 5.10. The topological polar surface area (TPSA) is 125 Å². The monoisotopic (exact) mass is 443 g/mol. The van der Waals surface area contributed by atoms with Crippen molar-refractivity contribution >= 4 is 56.0 Å². The zero-order valence-electron chi connectivity index (χ0n) is 14.7. The molecule has 0 aromatic heterocycles. The molecule has 0 radical (unpaired) electrons. The minimum Gasteiger partial charge on any atom is -0.361 e. The molecular formula is C16H18ClN5O4S2. The maximum absolute atomic E-state index is 12.5. The van der Waals surface area contributed by atoms with Crippen molar-refractivity contribution in [3.05, 3.63) is 57.6 Å². The first-order chi connectivity index (χ1) is 13.2. The molecule has 2 aromatic carbocycles. The van der Waals surface area contributed by atoms with E-state index >= 15 is 0 Å². The van der Waals surface area contributed by atoms with Crippen molar-refractivity contribution in [3.63, 3.8) is 0 Å². The summed E-state index contributed by atoms with van der Waals surface area (Å²) in [5, 5.41) is 14.9. The number of anilines is 2. The Morgan fingerprint density at radius 1 is 1.25 bits per heavy atom. The molecule has 0 spiro atoms. The van der Waals surface area contributed by atoms with E-state index in [-0.39, 0.29) is 21.4 Å². The van der Waals surface area contributed by atoms with Gasteiger partial charge in [0.2, 0.25) is 0 Å². The molecule has 0 saturated carbocycles. The summed E-state index contributed by atoms with van der Waals surface area (Å²) in [5.74, 6) is 0. The van der Waals surface area contributed by atoms with Gasteiger partial charge in [-0.15, -0.1) is 0 Å². The normalized spacial score (nSPS) is 10.8. The molecule has 0 heterocycles. The van der Waals surface area contributed by atoms with Crippen molar-refractivity contribution in [3.8, 4) is 0 Å². The smallest absolute Gasteiger partial charge is 0.295 e. The number of hydrazine groups is 1. The fourth-order valence-corrected chi connectivity index (χ4v) is 3.52. The third kappa shape index (κ3) is 5.94. The van der Waals surface area contributed by atoms with Crippen LogP contribution in [0.4, 0.5) is 17.1 Å². The van der Waals surface area contributed by atoms with Crippen LogP contribution >= 0.6 is 23.8 Å². The van der Waals surface area contributed by atoms with Crippen LogP contribution < -0.4 is 20.9 Å². The van der Waals surface area contributed by atoms with E-state index in [1.165, 1.54) is 24.3 Å². The van der Waals surface area contributed by atoms with Crippen molar-refractivity contribution < 1.29 is 13.3 Å². The molecule has 9 nitrogen and oxygen atoms in total. The van der Waals surface area contributed by atoms with Gasteiger partial charge >= 0.3 is 0 Å². The van der Waals surface area contributed by atoms with Crippen LogP contribution in [0.25, 0.3) is 0 Å². The van der Waals surface area contributed by atoms with Crippen molar-refractivity contribution in [1.82, 2.24) is 10.7 Å². The summed E-state index contributed by atoms with van der Waals surface area (Å²) < 4.78 is 27.4. The maximum atomic E-state index is 12.5. The molecule has 0 bridgehead atoms. The Kier molecular flexibility index (Phi) is 7.38. The van der Waals surface area contributed by atoms with E-state index in [9.17, 15) is 18.5 Å². The van der Waals surface area contributed by atoms with Crippen molar-refractivity contribution in [2.75, 3.05) is 16.7 Å². The number of thiocarbonyl (C=S) groups is 1. The van der Waals surface area contributed by atoms with E-state index in [1.54, 1.807) is 12.1 Å². The molecule has 0 atom stereocenters. The summed E-state index contributed by atoms with van der Waals surface area (Å²) in [4.78, 5) is 10.4. The van der Waals surface area contributed by atoms with Crippen LogP contribution in [0.2, 0.25) is 5.02 Å². The molecule has 2 rings (SSSR count). The zero-order valence-corrected chi connectivity index (χ0v) is 17.1. The molecule has 0 amide bonds. The summed E-state index contributed by atoms with van der Waals surface area (Å²) >= 11 is 10.9. The van der Waals surface area contributed by atoms with E-state index < -0.39 is 20.6 Å². The Bertz CT molecular complexity index is 985. The first-order valence-corrected chi connectivity index (χ1v) is 10.4. The van der Waals surface area contributed by atoms with Crippen LogP contribution in [-0.2, 0) is 10.0 Å². The lowest BCUT2D eigenvalue weighted by atomic mass is 10.3. The fraction of sp³-hybridized carbons (Fsp3) is 0.188. The number of halogens is 1. The highest BCUT2D eigenvalue weighted by molar-refractivity contribution is 7.92. The predicted molar refractivity (Wildman–Crippen MR) is 113 cm³/mol. The van der Waals surface area contributed by atoms with E-state index in [2.05, 4.69) is 20.9 Å². The van der Waals surface area contributed by atoms with E-state index in [4.69, 9.17) is 23.8 Å². The molecule has 150 valence electrons. The molecule has 28 heavy (non-hydrogen) atoms. The van der Waals surface area contributed by atoms with Gasteiger partial charge in [-0.2, -0.15) is 0 Å². The number of sulfonamides is 1. The molecule has 0 aliphatic heterocycles.